The molecule has 198 valence electrons. The van der Waals surface area contributed by atoms with Gasteiger partial charge >= 0.3 is 18.2 Å². The Kier molecular flexibility index (Phi) is 12.7. The van der Waals surface area contributed by atoms with E-state index >= 15 is 0 Å². The Bertz CT molecular complexity index is 614. The number of aliphatic carboxylic acids is 1. The molecule has 0 bridgehead atoms. The summed E-state index contributed by atoms with van der Waals surface area (Å²) >= 11 is 0. The third kappa shape index (κ3) is 15.0. The van der Waals surface area contributed by atoms with Gasteiger partial charge in [0.2, 0.25) is 0 Å². The monoisotopic (exact) mass is 485 g/mol. The number of nitrogens with one attached hydrogen (secondary N) is 3. The van der Waals surface area contributed by atoms with Gasteiger partial charge in [-0.2, -0.15) is 0 Å². The Morgan fingerprint density at radius 3 is 1.56 bits per heavy atom. The molecule has 2 amide bonds. The molecule has 4 N–H and O–H groups in total. The number of carboxylic acids is 1. The van der Waals surface area contributed by atoms with Gasteiger partial charge in [-0.15, -0.1) is 0 Å². The quantitative estimate of drug-likeness (QED) is 0.428. The van der Waals surface area contributed by atoms with E-state index in [-0.39, 0.29) is 6.54 Å². The summed E-state index contributed by atoms with van der Waals surface area (Å²) in [6, 6.07) is 0.432. The second kappa shape index (κ2) is 14.4. The molecule has 34 heavy (non-hydrogen) atoms. The zero-order valence-corrected chi connectivity index (χ0v) is 22.0. The van der Waals surface area contributed by atoms with E-state index in [9.17, 15) is 14.4 Å². The fraction of sp³-hybridized carbons (Fsp3) is 0.880. The van der Waals surface area contributed by atoms with Gasteiger partial charge in [0.15, 0.2) is 0 Å². The highest BCUT2D eigenvalue weighted by atomic mass is 16.6. The van der Waals surface area contributed by atoms with Crippen LogP contribution in [-0.2, 0) is 14.3 Å². The molecule has 0 unspecified atom stereocenters. The lowest BCUT2D eigenvalue weighted by molar-refractivity contribution is -0.139. The van der Waals surface area contributed by atoms with Gasteiger partial charge in [0.05, 0.1) is 6.54 Å². The SMILES string of the molecule is C1CCC(NC2CCCCC2)CC1.CC(C)(C)OC(=O)NC[C@@H](NC(=O)OC(C)(C)C)C(=O)O. The van der Waals surface area contributed by atoms with E-state index in [0.717, 1.165) is 12.1 Å². The second-order valence-corrected chi connectivity index (χ2v) is 11.3. The zero-order chi connectivity index (χ0) is 25.8. The average Bonchev–Trinajstić information content (AvgIpc) is 2.70. The van der Waals surface area contributed by atoms with Crippen LogP contribution in [0, 0.1) is 0 Å². The van der Waals surface area contributed by atoms with Crippen LogP contribution < -0.4 is 16.0 Å². The van der Waals surface area contributed by atoms with E-state index in [0.29, 0.717) is 0 Å². The molecule has 2 rings (SSSR count). The van der Waals surface area contributed by atoms with Crippen LogP contribution in [0.5, 0.6) is 0 Å². The number of rotatable bonds is 6. The molecule has 2 saturated carbocycles. The molecule has 2 aliphatic rings. The van der Waals surface area contributed by atoms with Crippen LogP contribution in [0.2, 0.25) is 0 Å². The summed E-state index contributed by atoms with van der Waals surface area (Å²) in [5.41, 5.74) is -1.44. The molecule has 0 saturated heterocycles. The Morgan fingerprint density at radius 1 is 0.765 bits per heavy atom. The van der Waals surface area contributed by atoms with Crippen molar-refractivity contribution in [2.24, 2.45) is 0 Å². The first-order valence-electron chi connectivity index (χ1n) is 12.7. The van der Waals surface area contributed by atoms with Gasteiger partial charge in [0.1, 0.15) is 17.2 Å². The first kappa shape index (κ1) is 30.0. The molecule has 0 aromatic rings. The molecule has 0 aromatic heterocycles. The third-order valence-corrected chi connectivity index (χ3v) is 5.52. The smallest absolute Gasteiger partial charge is 0.408 e. The Labute approximate surface area is 205 Å². The first-order valence-corrected chi connectivity index (χ1v) is 12.7. The van der Waals surface area contributed by atoms with Crippen LogP contribution in [0.3, 0.4) is 0 Å². The van der Waals surface area contributed by atoms with E-state index in [1.54, 1.807) is 41.5 Å². The minimum atomic E-state index is -1.31. The van der Waals surface area contributed by atoms with E-state index in [4.69, 9.17) is 14.6 Å². The fourth-order valence-corrected chi connectivity index (χ4v) is 4.02. The molecule has 9 nitrogen and oxygen atoms in total. The summed E-state index contributed by atoms with van der Waals surface area (Å²) in [7, 11) is 0. The van der Waals surface area contributed by atoms with Crippen LogP contribution >= 0.6 is 0 Å². The zero-order valence-electron chi connectivity index (χ0n) is 22.0. The summed E-state index contributed by atoms with van der Waals surface area (Å²) in [4.78, 5) is 34.0. The number of alkyl carbamates (subject to hydrolysis) is 2. The number of carboxylic acid groups (broad SMARTS) is 1. The lowest BCUT2D eigenvalue weighted by Gasteiger charge is -2.30. The lowest BCUT2D eigenvalue weighted by atomic mass is 9.91. The second-order valence-electron chi connectivity index (χ2n) is 11.3. The van der Waals surface area contributed by atoms with Crippen molar-refractivity contribution in [3.8, 4) is 0 Å². The van der Waals surface area contributed by atoms with Crippen LogP contribution in [-0.4, -0.2) is 59.1 Å². The lowest BCUT2D eigenvalue weighted by Crippen LogP contribution is -2.50. The molecule has 1 atom stereocenters. The largest absolute Gasteiger partial charge is 0.480 e. The molecule has 0 radical (unpaired) electrons. The first-order chi connectivity index (χ1) is 15.7. The van der Waals surface area contributed by atoms with Gasteiger partial charge in [-0.3, -0.25) is 0 Å². The predicted octanol–water partition coefficient (Wildman–Crippen LogP) is 4.73. The molecular weight excluding hydrogens is 438 g/mol. The maximum Gasteiger partial charge on any atom is 0.408 e. The third-order valence-electron chi connectivity index (χ3n) is 5.52. The van der Waals surface area contributed by atoms with Crippen LogP contribution in [0.25, 0.3) is 0 Å². The van der Waals surface area contributed by atoms with Gasteiger partial charge in [0, 0.05) is 12.1 Å². The molecule has 0 spiro atoms. The van der Waals surface area contributed by atoms with E-state index < -0.39 is 35.4 Å². The average molecular weight is 486 g/mol. The molecule has 0 heterocycles. The predicted molar refractivity (Wildman–Crippen MR) is 132 cm³/mol. The molecule has 0 aliphatic heterocycles. The summed E-state index contributed by atoms with van der Waals surface area (Å²) in [5, 5.41) is 17.3. The number of ether oxygens (including phenoxy) is 2. The molecule has 9 heteroatoms. The van der Waals surface area contributed by atoms with Crippen LogP contribution in [0.1, 0.15) is 106 Å². The summed E-state index contributed by atoms with van der Waals surface area (Å²) < 4.78 is 9.91. The Morgan fingerprint density at radius 2 is 1.18 bits per heavy atom. The molecule has 0 aromatic carbocycles. The van der Waals surface area contributed by atoms with Gasteiger partial charge in [-0.1, -0.05) is 38.5 Å². The number of carbonyl (C=O) groups is 3. The van der Waals surface area contributed by atoms with Gasteiger partial charge in [0.25, 0.3) is 0 Å². The summed E-state index contributed by atoms with van der Waals surface area (Å²) in [5.74, 6) is -1.29. The van der Waals surface area contributed by atoms with Crippen LogP contribution in [0.4, 0.5) is 9.59 Å². The van der Waals surface area contributed by atoms with Gasteiger partial charge in [-0.05, 0) is 67.2 Å². The van der Waals surface area contributed by atoms with Crippen LogP contribution in [0.15, 0.2) is 0 Å². The molecule has 2 fully saturated rings. The van der Waals surface area contributed by atoms with E-state index in [2.05, 4.69) is 16.0 Å². The maximum absolute atomic E-state index is 11.5. The van der Waals surface area contributed by atoms with E-state index in [1.165, 1.54) is 64.2 Å². The Hall–Kier alpha value is -2.03. The van der Waals surface area contributed by atoms with Gasteiger partial charge < -0.3 is 30.5 Å². The minimum absolute atomic E-state index is 0.316. The Balaban J connectivity index is 0.000000375. The van der Waals surface area contributed by atoms with Crippen molar-refractivity contribution < 1.29 is 29.0 Å². The van der Waals surface area contributed by atoms with Crippen molar-refractivity contribution >= 4 is 18.2 Å². The van der Waals surface area contributed by atoms with Crippen molar-refractivity contribution in [2.75, 3.05) is 6.54 Å². The fourth-order valence-electron chi connectivity index (χ4n) is 4.02. The normalized spacial score (nSPS) is 18.6. The van der Waals surface area contributed by atoms with Gasteiger partial charge in [-0.25, -0.2) is 14.4 Å². The minimum Gasteiger partial charge on any atom is -0.480 e. The highest BCUT2D eigenvalue weighted by Gasteiger charge is 2.25. The van der Waals surface area contributed by atoms with Crippen molar-refractivity contribution in [3.63, 3.8) is 0 Å². The molecular formula is C25H47N3O6. The molecule has 2 aliphatic carbocycles. The summed E-state index contributed by atoms with van der Waals surface area (Å²) in [6.07, 6.45) is 12.9. The number of amides is 2. The van der Waals surface area contributed by atoms with E-state index in [1.807, 2.05) is 0 Å². The van der Waals surface area contributed by atoms with Crippen molar-refractivity contribution in [3.05, 3.63) is 0 Å². The van der Waals surface area contributed by atoms with Crippen molar-refractivity contribution in [2.45, 2.75) is 135 Å². The number of hydrogen-bond acceptors (Lipinski definition) is 6. The maximum atomic E-state index is 11.5. The highest BCUT2D eigenvalue weighted by molar-refractivity contribution is 5.81. The standard InChI is InChI=1S/C13H24N2O6.C12H23N/c1-12(2,3)20-10(18)14-7-8(9(16)17)15-11(19)21-13(4,5)6;1-3-7-11(8-4-1)13-12-9-5-2-6-10-12/h8H,7H2,1-6H3,(H,14,18)(H,15,19)(H,16,17);11-13H,1-10H2/t8-;/m1./s1. The highest BCUT2D eigenvalue weighted by Crippen LogP contribution is 2.22. The number of carbonyl (C=O) groups excluding carboxylic acids is 2. The topological polar surface area (TPSA) is 126 Å². The number of hydrogen-bond donors (Lipinski definition) is 4. The van der Waals surface area contributed by atoms with Crippen molar-refractivity contribution in [1.29, 1.82) is 0 Å². The summed E-state index contributed by atoms with van der Waals surface area (Å²) in [6.45, 7) is 9.69. The van der Waals surface area contributed by atoms with Crippen molar-refractivity contribution in [1.82, 2.24) is 16.0 Å².